The lowest BCUT2D eigenvalue weighted by Crippen LogP contribution is -2.28. The van der Waals surface area contributed by atoms with Gasteiger partial charge in [0.05, 0.1) is 0 Å². The first-order valence-corrected chi connectivity index (χ1v) is 5.99. The first-order valence-electron chi connectivity index (χ1n) is 5.99. The molecule has 0 amide bonds. The third-order valence-electron chi connectivity index (χ3n) is 2.49. The molecule has 0 heterocycles. The first-order chi connectivity index (χ1) is 7.09. The lowest BCUT2D eigenvalue weighted by atomic mass is 9.84. The normalized spacial score (nSPS) is 12.7. The molecule has 1 nitrogen and oxygen atoms in total. The maximum absolute atomic E-state index is 3.58. The predicted molar refractivity (Wildman–Crippen MR) is 73.3 cm³/mol. The maximum Gasteiger partial charge on any atom is 0.0382 e. The van der Waals surface area contributed by atoms with Crippen LogP contribution in [-0.4, -0.2) is 5.54 Å². The van der Waals surface area contributed by atoms with E-state index in [2.05, 4.69) is 72.0 Å². The molecule has 1 N–H and O–H groups in total. The summed E-state index contributed by atoms with van der Waals surface area (Å²) in [4.78, 5) is 0. The van der Waals surface area contributed by atoms with Gasteiger partial charge in [-0.25, -0.2) is 0 Å². The zero-order chi connectivity index (χ0) is 12.6. The van der Waals surface area contributed by atoms with Crippen LogP contribution in [0.25, 0.3) is 0 Å². The quantitative estimate of drug-likeness (QED) is 0.733. The number of hydrogen-bond donors (Lipinski definition) is 1. The summed E-state index contributed by atoms with van der Waals surface area (Å²) in [7, 11) is 0. The lowest BCUT2D eigenvalue weighted by Gasteiger charge is -2.29. The second-order valence-electron chi connectivity index (χ2n) is 6.67. The van der Waals surface area contributed by atoms with E-state index in [0.29, 0.717) is 0 Å². The summed E-state index contributed by atoms with van der Waals surface area (Å²) in [6.07, 6.45) is 0. The van der Waals surface area contributed by atoms with E-state index in [1.165, 1.54) is 16.8 Å². The highest BCUT2D eigenvalue weighted by atomic mass is 15.0. The molecule has 1 rings (SSSR count). The van der Waals surface area contributed by atoms with E-state index in [9.17, 15) is 0 Å². The van der Waals surface area contributed by atoms with Crippen LogP contribution in [0.2, 0.25) is 0 Å². The summed E-state index contributed by atoms with van der Waals surface area (Å²) < 4.78 is 0. The minimum atomic E-state index is 0.106. The number of hydrogen-bond acceptors (Lipinski definition) is 1. The Bertz CT molecular complexity index is 364. The molecule has 0 bridgehead atoms. The van der Waals surface area contributed by atoms with Crippen LogP contribution in [0.4, 0.5) is 5.69 Å². The van der Waals surface area contributed by atoms with Gasteiger partial charge in [-0.05, 0) is 44.7 Å². The first kappa shape index (κ1) is 13.1. The molecule has 0 radical (unpaired) electrons. The van der Waals surface area contributed by atoms with Crippen molar-refractivity contribution in [3.63, 3.8) is 0 Å². The van der Waals surface area contributed by atoms with Crippen LogP contribution in [0, 0.1) is 6.92 Å². The van der Waals surface area contributed by atoms with Crippen LogP contribution in [0.1, 0.15) is 52.7 Å². The molecule has 1 aromatic rings. The molecule has 0 aromatic heterocycles. The second kappa shape index (κ2) is 4.12. The SMILES string of the molecule is Cc1ccc(NC(C)(C)C)c(C(C)(C)C)c1. The Morgan fingerprint density at radius 3 is 1.94 bits per heavy atom. The molecule has 90 valence electrons. The largest absolute Gasteiger partial charge is 0.380 e. The molecule has 0 fully saturated rings. The van der Waals surface area contributed by atoms with Crippen molar-refractivity contribution in [2.24, 2.45) is 0 Å². The Kier molecular flexibility index (Phi) is 3.37. The fourth-order valence-electron chi connectivity index (χ4n) is 1.79. The van der Waals surface area contributed by atoms with E-state index < -0.39 is 0 Å². The highest BCUT2D eigenvalue weighted by Gasteiger charge is 2.20. The Labute approximate surface area is 100 Å². The zero-order valence-electron chi connectivity index (χ0n) is 11.7. The van der Waals surface area contributed by atoms with Crippen LogP contribution in [-0.2, 0) is 5.41 Å². The van der Waals surface area contributed by atoms with Gasteiger partial charge < -0.3 is 5.32 Å². The minimum absolute atomic E-state index is 0.106. The van der Waals surface area contributed by atoms with E-state index in [1.807, 2.05) is 0 Å². The van der Waals surface area contributed by atoms with Gasteiger partial charge in [0, 0.05) is 11.2 Å². The van der Waals surface area contributed by atoms with Gasteiger partial charge in [0.15, 0.2) is 0 Å². The molecule has 0 saturated carbocycles. The van der Waals surface area contributed by atoms with Gasteiger partial charge in [-0.15, -0.1) is 0 Å². The number of anilines is 1. The second-order valence-corrected chi connectivity index (χ2v) is 6.67. The van der Waals surface area contributed by atoms with Crippen LogP contribution >= 0.6 is 0 Å². The van der Waals surface area contributed by atoms with Crippen molar-refractivity contribution in [3.05, 3.63) is 29.3 Å². The van der Waals surface area contributed by atoms with E-state index in [0.717, 1.165) is 0 Å². The molecular weight excluding hydrogens is 194 g/mol. The summed E-state index contributed by atoms with van der Waals surface area (Å²) in [5.41, 5.74) is 4.26. The van der Waals surface area contributed by atoms with E-state index in [4.69, 9.17) is 0 Å². The molecule has 0 spiro atoms. The third-order valence-corrected chi connectivity index (χ3v) is 2.49. The van der Waals surface area contributed by atoms with Gasteiger partial charge in [-0.2, -0.15) is 0 Å². The van der Waals surface area contributed by atoms with E-state index in [1.54, 1.807) is 0 Å². The van der Waals surface area contributed by atoms with Crippen molar-refractivity contribution in [1.82, 2.24) is 0 Å². The highest BCUT2D eigenvalue weighted by Crippen LogP contribution is 2.31. The van der Waals surface area contributed by atoms with Crippen molar-refractivity contribution in [2.75, 3.05) is 5.32 Å². The summed E-state index contributed by atoms with van der Waals surface area (Å²) >= 11 is 0. The maximum atomic E-state index is 3.58. The molecule has 0 aliphatic heterocycles. The van der Waals surface area contributed by atoms with Gasteiger partial charge in [0.1, 0.15) is 0 Å². The van der Waals surface area contributed by atoms with Crippen molar-refractivity contribution in [2.45, 2.75) is 59.4 Å². The van der Waals surface area contributed by atoms with E-state index >= 15 is 0 Å². The van der Waals surface area contributed by atoms with Crippen molar-refractivity contribution in [1.29, 1.82) is 0 Å². The van der Waals surface area contributed by atoms with Crippen LogP contribution in [0.15, 0.2) is 18.2 Å². The van der Waals surface area contributed by atoms with E-state index in [-0.39, 0.29) is 11.0 Å². The molecule has 16 heavy (non-hydrogen) atoms. The van der Waals surface area contributed by atoms with Crippen LogP contribution < -0.4 is 5.32 Å². The molecule has 0 unspecified atom stereocenters. The topological polar surface area (TPSA) is 12.0 Å². The number of rotatable bonds is 1. The fourth-order valence-corrected chi connectivity index (χ4v) is 1.79. The van der Waals surface area contributed by atoms with Crippen LogP contribution in [0.5, 0.6) is 0 Å². The predicted octanol–water partition coefficient (Wildman–Crippen LogP) is 4.50. The Morgan fingerprint density at radius 2 is 1.50 bits per heavy atom. The molecule has 0 aliphatic carbocycles. The molecule has 1 aromatic carbocycles. The van der Waals surface area contributed by atoms with Gasteiger partial charge in [0.2, 0.25) is 0 Å². The van der Waals surface area contributed by atoms with Crippen LogP contribution in [0.3, 0.4) is 0 Å². The van der Waals surface area contributed by atoms with Gasteiger partial charge >= 0.3 is 0 Å². The number of nitrogens with one attached hydrogen (secondary N) is 1. The zero-order valence-corrected chi connectivity index (χ0v) is 11.7. The van der Waals surface area contributed by atoms with Gasteiger partial charge in [-0.3, -0.25) is 0 Å². The summed E-state index contributed by atoms with van der Waals surface area (Å²) in [6.45, 7) is 15.5. The Morgan fingerprint density at radius 1 is 0.938 bits per heavy atom. The third kappa shape index (κ3) is 3.55. The standard InChI is InChI=1S/C15H25N/c1-11-8-9-13(16-15(5,6)7)12(10-11)14(2,3)4/h8-10,16H,1-7H3. The molecule has 0 aliphatic rings. The smallest absolute Gasteiger partial charge is 0.0382 e. The molecule has 0 saturated heterocycles. The van der Waals surface area contributed by atoms with Crippen molar-refractivity contribution in [3.8, 4) is 0 Å². The summed E-state index contributed by atoms with van der Waals surface area (Å²) in [5.74, 6) is 0. The highest BCUT2D eigenvalue weighted by molar-refractivity contribution is 5.56. The van der Waals surface area contributed by atoms with Gasteiger partial charge in [0.25, 0.3) is 0 Å². The van der Waals surface area contributed by atoms with Crippen molar-refractivity contribution < 1.29 is 0 Å². The average Bonchev–Trinajstić information content (AvgIpc) is 2.04. The molecule has 1 heteroatoms. The average molecular weight is 219 g/mol. The molecule has 0 atom stereocenters. The number of aryl methyl sites for hydroxylation is 1. The minimum Gasteiger partial charge on any atom is -0.380 e. The fraction of sp³-hybridized carbons (Fsp3) is 0.600. The number of benzene rings is 1. The Balaban J connectivity index is 3.19. The Hall–Kier alpha value is -0.980. The summed E-state index contributed by atoms with van der Waals surface area (Å²) in [5, 5.41) is 3.58. The van der Waals surface area contributed by atoms with Crippen molar-refractivity contribution >= 4 is 5.69 Å². The van der Waals surface area contributed by atoms with Gasteiger partial charge in [-0.1, -0.05) is 38.5 Å². The summed E-state index contributed by atoms with van der Waals surface area (Å²) in [6, 6.07) is 6.65. The molecular formula is C15H25N. The lowest BCUT2D eigenvalue weighted by molar-refractivity contribution is 0.581. The monoisotopic (exact) mass is 219 g/mol.